The molecule has 138 valence electrons. The first-order valence-corrected chi connectivity index (χ1v) is 8.38. The zero-order valence-corrected chi connectivity index (χ0v) is 14.6. The molecule has 7 heteroatoms. The van der Waals surface area contributed by atoms with Crippen molar-refractivity contribution in [2.24, 2.45) is 0 Å². The number of rotatable bonds is 9. The molecule has 0 aliphatic carbocycles. The molecule has 1 aromatic rings. The summed E-state index contributed by atoms with van der Waals surface area (Å²) in [6.45, 7) is 0.750. The van der Waals surface area contributed by atoms with E-state index >= 15 is 0 Å². The van der Waals surface area contributed by atoms with Crippen molar-refractivity contribution in [3.63, 3.8) is 0 Å². The fourth-order valence-corrected chi connectivity index (χ4v) is 2.93. The molecule has 0 bridgehead atoms. The van der Waals surface area contributed by atoms with Gasteiger partial charge in [0.15, 0.2) is 11.5 Å². The maximum atomic E-state index is 12.2. The van der Waals surface area contributed by atoms with Crippen LogP contribution in [0.2, 0.25) is 0 Å². The van der Waals surface area contributed by atoms with Gasteiger partial charge in [0.2, 0.25) is 5.91 Å². The number of carbonyl (C=O) groups excluding carboxylic acids is 1. The average molecular weight is 351 g/mol. The quantitative estimate of drug-likeness (QED) is 0.709. The van der Waals surface area contributed by atoms with E-state index in [9.17, 15) is 9.59 Å². The van der Waals surface area contributed by atoms with Gasteiger partial charge < -0.3 is 24.6 Å². The van der Waals surface area contributed by atoms with Gasteiger partial charge in [-0.15, -0.1) is 0 Å². The number of carbonyl (C=O) groups is 2. The number of methoxy groups -OCH3 is 2. The third-order valence-corrected chi connectivity index (χ3v) is 4.24. The van der Waals surface area contributed by atoms with Crippen LogP contribution in [-0.2, 0) is 14.3 Å². The van der Waals surface area contributed by atoms with Gasteiger partial charge in [-0.05, 0) is 37.0 Å². The summed E-state index contributed by atoms with van der Waals surface area (Å²) in [4.78, 5) is 23.4. The van der Waals surface area contributed by atoms with Crippen LogP contribution in [0.5, 0.6) is 11.5 Å². The van der Waals surface area contributed by atoms with Gasteiger partial charge >= 0.3 is 5.97 Å². The molecule has 2 atom stereocenters. The van der Waals surface area contributed by atoms with Crippen molar-refractivity contribution < 1.29 is 28.9 Å². The van der Waals surface area contributed by atoms with Gasteiger partial charge in [0, 0.05) is 13.0 Å². The Morgan fingerprint density at radius 3 is 2.68 bits per heavy atom. The van der Waals surface area contributed by atoms with E-state index in [1.807, 2.05) is 0 Å². The second kappa shape index (κ2) is 9.27. The normalized spacial score (nSPS) is 17.8. The molecule has 0 saturated carbocycles. The average Bonchev–Trinajstić information content (AvgIpc) is 3.12. The molecule has 1 saturated heterocycles. The molecule has 0 radical (unpaired) electrons. The highest BCUT2D eigenvalue weighted by Crippen LogP contribution is 2.31. The summed E-state index contributed by atoms with van der Waals surface area (Å²) >= 11 is 0. The summed E-state index contributed by atoms with van der Waals surface area (Å²) in [6, 6.07) is 4.48. The van der Waals surface area contributed by atoms with Gasteiger partial charge in [-0.2, -0.15) is 0 Å². The molecule has 25 heavy (non-hydrogen) atoms. The monoisotopic (exact) mass is 351 g/mol. The minimum absolute atomic E-state index is 0.129. The van der Waals surface area contributed by atoms with Crippen molar-refractivity contribution in [2.75, 3.05) is 20.8 Å². The van der Waals surface area contributed by atoms with Gasteiger partial charge in [0.1, 0.15) is 0 Å². The third kappa shape index (κ3) is 5.63. The number of amides is 1. The Bertz CT molecular complexity index is 597. The molecule has 1 aromatic carbocycles. The first-order valence-electron chi connectivity index (χ1n) is 8.38. The summed E-state index contributed by atoms with van der Waals surface area (Å²) < 4.78 is 15.9. The number of carboxylic acid groups (broad SMARTS) is 1. The van der Waals surface area contributed by atoms with E-state index in [1.54, 1.807) is 18.2 Å². The molecule has 1 aliphatic rings. The van der Waals surface area contributed by atoms with Crippen LogP contribution in [0.15, 0.2) is 18.2 Å². The highest BCUT2D eigenvalue weighted by atomic mass is 16.5. The summed E-state index contributed by atoms with van der Waals surface area (Å²) in [7, 11) is 3.03. The predicted octanol–water partition coefficient (Wildman–Crippen LogP) is 2.29. The lowest BCUT2D eigenvalue weighted by Crippen LogP contribution is -2.30. The molecule has 0 spiro atoms. The minimum Gasteiger partial charge on any atom is -0.493 e. The lowest BCUT2D eigenvalue weighted by molar-refractivity contribution is -0.137. The van der Waals surface area contributed by atoms with Gasteiger partial charge in [0.25, 0.3) is 0 Å². The summed E-state index contributed by atoms with van der Waals surface area (Å²) in [5, 5.41) is 12.0. The van der Waals surface area contributed by atoms with Crippen LogP contribution in [0.1, 0.15) is 43.7 Å². The van der Waals surface area contributed by atoms with E-state index in [2.05, 4.69) is 5.32 Å². The van der Waals surface area contributed by atoms with E-state index in [0.29, 0.717) is 29.9 Å². The Morgan fingerprint density at radius 1 is 1.32 bits per heavy atom. The first kappa shape index (κ1) is 19.1. The van der Waals surface area contributed by atoms with Crippen LogP contribution in [0, 0.1) is 0 Å². The third-order valence-electron chi connectivity index (χ3n) is 4.24. The number of nitrogens with one attached hydrogen (secondary N) is 1. The fourth-order valence-electron chi connectivity index (χ4n) is 2.93. The van der Waals surface area contributed by atoms with Crippen LogP contribution in [0.25, 0.3) is 0 Å². The zero-order chi connectivity index (χ0) is 18.2. The number of aliphatic carboxylic acids is 1. The van der Waals surface area contributed by atoms with Crippen molar-refractivity contribution in [2.45, 2.75) is 44.2 Å². The molecule has 1 amide bonds. The second-order valence-corrected chi connectivity index (χ2v) is 6.01. The molecule has 2 unspecified atom stereocenters. The van der Waals surface area contributed by atoms with Crippen LogP contribution >= 0.6 is 0 Å². The number of hydrogen-bond donors (Lipinski definition) is 2. The highest BCUT2D eigenvalue weighted by Gasteiger charge is 2.21. The highest BCUT2D eigenvalue weighted by molar-refractivity contribution is 5.77. The van der Waals surface area contributed by atoms with E-state index < -0.39 is 12.0 Å². The summed E-state index contributed by atoms with van der Waals surface area (Å²) in [6.07, 6.45) is 2.89. The van der Waals surface area contributed by atoms with Crippen LogP contribution in [0.4, 0.5) is 0 Å². The van der Waals surface area contributed by atoms with Crippen molar-refractivity contribution in [3.8, 4) is 11.5 Å². The Morgan fingerprint density at radius 2 is 2.08 bits per heavy atom. The smallest absolute Gasteiger partial charge is 0.305 e. The predicted molar refractivity (Wildman–Crippen MR) is 90.9 cm³/mol. The molecular formula is C18H25NO6. The Kier molecular flexibility index (Phi) is 7.06. The molecule has 1 aliphatic heterocycles. The lowest BCUT2D eigenvalue weighted by atomic mass is 10.0. The summed E-state index contributed by atoms with van der Waals surface area (Å²) in [5.74, 6) is -0.134. The maximum Gasteiger partial charge on any atom is 0.305 e. The van der Waals surface area contributed by atoms with Crippen molar-refractivity contribution in [3.05, 3.63) is 23.8 Å². The largest absolute Gasteiger partial charge is 0.493 e. The molecular weight excluding hydrogens is 326 g/mol. The van der Waals surface area contributed by atoms with E-state index in [0.717, 1.165) is 19.4 Å². The van der Waals surface area contributed by atoms with Crippen LogP contribution in [0.3, 0.4) is 0 Å². The first-order chi connectivity index (χ1) is 12.0. The zero-order valence-electron chi connectivity index (χ0n) is 14.6. The SMILES string of the molecule is COc1ccc(C(CC(=O)O)NC(=O)CCC2CCCO2)cc1OC. The second-order valence-electron chi connectivity index (χ2n) is 6.01. The topological polar surface area (TPSA) is 94.1 Å². The van der Waals surface area contributed by atoms with Crippen LogP contribution < -0.4 is 14.8 Å². The Hall–Kier alpha value is -2.28. The number of hydrogen-bond acceptors (Lipinski definition) is 5. The van der Waals surface area contributed by atoms with Crippen molar-refractivity contribution in [1.82, 2.24) is 5.32 Å². The summed E-state index contributed by atoms with van der Waals surface area (Å²) in [5.41, 5.74) is 0.658. The van der Waals surface area contributed by atoms with Gasteiger partial charge in [0.05, 0.1) is 32.8 Å². The number of carboxylic acids is 1. The van der Waals surface area contributed by atoms with Crippen molar-refractivity contribution >= 4 is 11.9 Å². The van der Waals surface area contributed by atoms with Gasteiger partial charge in [-0.25, -0.2) is 0 Å². The van der Waals surface area contributed by atoms with Crippen LogP contribution in [-0.4, -0.2) is 43.9 Å². The van der Waals surface area contributed by atoms with E-state index in [-0.39, 0.29) is 18.4 Å². The molecule has 2 N–H and O–H groups in total. The number of ether oxygens (including phenoxy) is 3. The van der Waals surface area contributed by atoms with Gasteiger partial charge in [-0.3, -0.25) is 9.59 Å². The van der Waals surface area contributed by atoms with Gasteiger partial charge in [-0.1, -0.05) is 6.07 Å². The molecule has 2 rings (SSSR count). The molecule has 1 heterocycles. The fraction of sp³-hybridized carbons (Fsp3) is 0.556. The molecule has 0 aromatic heterocycles. The van der Waals surface area contributed by atoms with E-state index in [4.69, 9.17) is 19.3 Å². The molecule has 7 nitrogen and oxygen atoms in total. The number of benzene rings is 1. The maximum absolute atomic E-state index is 12.2. The standard InChI is InChI=1S/C18H25NO6/c1-23-15-7-5-12(10-16(15)24-2)14(11-18(21)22)19-17(20)8-6-13-4-3-9-25-13/h5,7,10,13-14H,3-4,6,8-9,11H2,1-2H3,(H,19,20)(H,21,22). The van der Waals surface area contributed by atoms with Crippen molar-refractivity contribution in [1.29, 1.82) is 0 Å². The lowest BCUT2D eigenvalue weighted by Gasteiger charge is -2.19. The Labute approximate surface area is 147 Å². The Balaban J connectivity index is 2.04. The van der Waals surface area contributed by atoms with E-state index in [1.165, 1.54) is 14.2 Å². The minimum atomic E-state index is -0.987. The molecule has 1 fully saturated rings.